The summed E-state index contributed by atoms with van der Waals surface area (Å²) in [7, 11) is 3.11. The molecular formula is C36H40Cl2N4O2S2. The number of hydrogen-bond donors (Lipinski definition) is 0. The molecule has 0 aliphatic carbocycles. The van der Waals surface area contributed by atoms with E-state index in [1.165, 1.54) is 11.1 Å². The van der Waals surface area contributed by atoms with Gasteiger partial charge < -0.3 is 9.80 Å². The van der Waals surface area contributed by atoms with Crippen LogP contribution in [-0.2, 0) is 13.1 Å². The third-order valence-corrected chi connectivity index (χ3v) is 10.8. The van der Waals surface area contributed by atoms with Crippen molar-refractivity contribution in [3.05, 3.63) is 131 Å². The summed E-state index contributed by atoms with van der Waals surface area (Å²) >= 11 is 0. The second-order valence-electron chi connectivity index (χ2n) is 11.3. The zero-order valence-corrected chi connectivity index (χ0v) is 29.0. The molecule has 0 N–H and O–H groups in total. The number of benzene rings is 4. The molecule has 0 radical (unpaired) electrons. The monoisotopic (exact) mass is 694 g/mol. The highest BCUT2D eigenvalue weighted by atomic mass is 35.5. The lowest BCUT2D eigenvalue weighted by atomic mass is 10.1. The zero-order valence-electron chi connectivity index (χ0n) is 25.7. The van der Waals surface area contributed by atoms with Crippen LogP contribution in [0.2, 0.25) is 0 Å². The summed E-state index contributed by atoms with van der Waals surface area (Å²) in [6.07, 6.45) is 0. The number of piperazine rings is 2. The van der Waals surface area contributed by atoms with E-state index >= 15 is 0 Å². The van der Waals surface area contributed by atoms with Gasteiger partial charge in [-0.2, -0.15) is 0 Å². The van der Waals surface area contributed by atoms with Crippen molar-refractivity contribution in [2.45, 2.75) is 22.9 Å². The molecule has 0 unspecified atom stereocenters. The van der Waals surface area contributed by atoms with Crippen molar-refractivity contribution in [3.8, 4) is 0 Å². The van der Waals surface area contributed by atoms with E-state index in [1.807, 2.05) is 70.5 Å². The minimum Gasteiger partial charge on any atom is -0.336 e. The highest BCUT2D eigenvalue weighted by Crippen LogP contribution is 2.41. The van der Waals surface area contributed by atoms with Crippen molar-refractivity contribution >= 4 is 58.2 Å². The maximum atomic E-state index is 13.6. The van der Waals surface area contributed by atoms with Crippen molar-refractivity contribution in [3.63, 3.8) is 0 Å². The fraction of sp³-hybridized carbons (Fsp3) is 0.278. The molecule has 0 spiro atoms. The maximum absolute atomic E-state index is 13.6. The van der Waals surface area contributed by atoms with Crippen molar-refractivity contribution < 1.29 is 9.59 Å². The number of hydrogen-bond acceptors (Lipinski definition) is 6. The Morgan fingerprint density at radius 1 is 0.457 bits per heavy atom. The first-order valence-electron chi connectivity index (χ1n) is 15.3. The Labute approximate surface area is 292 Å². The molecule has 2 aliphatic heterocycles. The lowest BCUT2D eigenvalue weighted by molar-refractivity contribution is 0.0618. The van der Waals surface area contributed by atoms with Gasteiger partial charge in [-0.15, -0.1) is 24.8 Å². The van der Waals surface area contributed by atoms with Gasteiger partial charge in [0, 0.05) is 75.2 Å². The normalized spacial score (nSPS) is 15.5. The molecule has 2 amide bonds. The van der Waals surface area contributed by atoms with E-state index in [9.17, 15) is 9.59 Å². The van der Waals surface area contributed by atoms with Crippen molar-refractivity contribution in [2.24, 2.45) is 0 Å². The molecule has 0 atom stereocenters. The van der Waals surface area contributed by atoms with Crippen molar-refractivity contribution in [1.29, 1.82) is 0 Å². The number of carbonyl (C=O) groups excluding carboxylic acids is 2. The van der Waals surface area contributed by atoms with Crippen LogP contribution < -0.4 is 0 Å². The van der Waals surface area contributed by atoms with Crippen LogP contribution in [0.4, 0.5) is 0 Å². The quantitative estimate of drug-likeness (QED) is 0.172. The number of nitrogens with zero attached hydrogens (tertiary/aromatic N) is 4. The predicted octanol–water partition coefficient (Wildman–Crippen LogP) is 7.25. The Hall–Kier alpha value is -2.98. The first-order chi connectivity index (χ1) is 21.6. The van der Waals surface area contributed by atoms with Crippen molar-refractivity contribution in [1.82, 2.24) is 19.6 Å². The molecule has 2 aliphatic rings. The summed E-state index contributed by atoms with van der Waals surface area (Å²) in [5.74, 6) is 0.150. The van der Waals surface area contributed by atoms with Gasteiger partial charge in [0.15, 0.2) is 0 Å². The minimum absolute atomic E-state index is 0. The Morgan fingerprint density at radius 2 is 0.783 bits per heavy atom. The summed E-state index contributed by atoms with van der Waals surface area (Å²) in [4.78, 5) is 37.9. The summed E-state index contributed by atoms with van der Waals surface area (Å²) in [5, 5.41) is 0. The van der Waals surface area contributed by atoms with Crippen LogP contribution in [0.25, 0.3) is 0 Å². The van der Waals surface area contributed by atoms with Gasteiger partial charge >= 0.3 is 0 Å². The van der Waals surface area contributed by atoms with E-state index in [0.717, 1.165) is 60.2 Å². The van der Waals surface area contributed by atoms with Gasteiger partial charge in [0.1, 0.15) is 0 Å². The highest BCUT2D eigenvalue weighted by Gasteiger charge is 2.26. The summed E-state index contributed by atoms with van der Waals surface area (Å²) in [5.41, 5.74) is 4.05. The topological polar surface area (TPSA) is 47.1 Å². The molecule has 0 saturated carbocycles. The van der Waals surface area contributed by atoms with Crippen LogP contribution in [0.15, 0.2) is 119 Å². The van der Waals surface area contributed by atoms with Gasteiger partial charge in [-0.25, -0.2) is 0 Å². The first-order valence-corrected chi connectivity index (χ1v) is 17.4. The second-order valence-corrected chi connectivity index (χ2v) is 13.5. The fourth-order valence-electron chi connectivity index (χ4n) is 5.76. The molecule has 2 fully saturated rings. The average molecular weight is 696 g/mol. The van der Waals surface area contributed by atoms with E-state index in [1.54, 1.807) is 21.6 Å². The van der Waals surface area contributed by atoms with Gasteiger partial charge in [-0.3, -0.25) is 19.4 Å². The molecule has 4 aromatic rings. The van der Waals surface area contributed by atoms with Crippen LogP contribution in [0.1, 0.15) is 31.8 Å². The SMILES string of the molecule is Cl.Cl.O=C(c1ccccc1SSc1ccccc1C(=O)N1CCN(Cc2ccccc2)CC1)N1CCN(Cc2ccccc2)CC1. The van der Waals surface area contributed by atoms with Crippen LogP contribution in [0.5, 0.6) is 0 Å². The van der Waals surface area contributed by atoms with E-state index in [0.29, 0.717) is 26.2 Å². The molecule has 4 aromatic carbocycles. The average Bonchev–Trinajstić information content (AvgIpc) is 3.09. The molecule has 242 valence electrons. The molecule has 2 saturated heterocycles. The van der Waals surface area contributed by atoms with Gasteiger partial charge in [-0.1, -0.05) is 107 Å². The third-order valence-electron chi connectivity index (χ3n) is 8.27. The van der Waals surface area contributed by atoms with Crippen LogP contribution >= 0.6 is 46.4 Å². The number of amides is 2. The maximum Gasteiger partial charge on any atom is 0.255 e. The largest absolute Gasteiger partial charge is 0.336 e. The summed E-state index contributed by atoms with van der Waals surface area (Å²) < 4.78 is 0. The lowest BCUT2D eigenvalue weighted by Gasteiger charge is -2.35. The zero-order chi connectivity index (χ0) is 30.1. The number of carbonyl (C=O) groups is 2. The van der Waals surface area contributed by atoms with Gasteiger partial charge in [0.2, 0.25) is 0 Å². The number of halogens is 2. The lowest BCUT2D eigenvalue weighted by Crippen LogP contribution is -2.48. The first kappa shape index (κ1) is 35.9. The van der Waals surface area contributed by atoms with Gasteiger partial charge in [-0.05, 0) is 35.4 Å². The van der Waals surface area contributed by atoms with E-state index in [4.69, 9.17) is 0 Å². The Kier molecular flexibility index (Phi) is 13.9. The Morgan fingerprint density at radius 3 is 1.15 bits per heavy atom. The van der Waals surface area contributed by atoms with E-state index in [-0.39, 0.29) is 36.6 Å². The smallest absolute Gasteiger partial charge is 0.255 e. The second kappa shape index (κ2) is 17.8. The molecule has 10 heteroatoms. The third kappa shape index (κ3) is 9.31. The molecule has 0 bridgehead atoms. The summed E-state index contributed by atoms with van der Waals surface area (Å²) in [6.45, 7) is 8.13. The Balaban J connectivity index is 0.00000240. The van der Waals surface area contributed by atoms with Crippen molar-refractivity contribution in [2.75, 3.05) is 52.4 Å². The van der Waals surface area contributed by atoms with Gasteiger partial charge in [0.05, 0.1) is 11.1 Å². The van der Waals surface area contributed by atoms with Crippen LogP contribution in [0.3, 0.4) is 0 Å². The standard InChI is InChI=1S/C36H38N4O2S2.2ClH/c41-35(39-23-19-37(20-24-39)27-29-11-3-1-4-12-29)31-15-7-9-17-33(31)43-44-34-18-10-8-16-32(34)36(42)40-25-21-38(22-26-40)28-30-13-5-2-6-14-30;;/h1-18H,19-28H2;2*1H. The van der Waals surface area contributed by atoms with Gasteiger partial charge in [0.25, 0.3) is 11.8 Å². The molecular weight excluding hydrogens is 655 g/mol. The van der Waals surface area contributed by atoms with Crippen LogP contribution in [0, 0.1) is 0 Å². The summed E-state index contributed by atoms with van der Waals surface area (Å²) in [6, 6.07) is 36.7. The highest BCUT2D eigenvalue weighted by molar-refractivity contribution is 8.76. The number of rotatable bonds is 9. The molecule has 0 aromatic heterocycles. The molecule has 46 heavy (non-hydrogen) atoms. The fourth-order valence-corrected chi connectivity index (χ4v) is 8.11. The van der Waals surface area contributed by atoms with E-state index in [2.05, 4.69) is 58.3 Å². The molecule has 2 heterocycles. The minimum atomic E-state index is 0. The molecule has 6 nitrogen and oxygen atoms in total. The van der Waals surface area contributed by atoms with Crippen LogP contribution in [-0.4, -0.2) is 83.8 Å². The Bertz CT molecular complexity index is 1430. The predicted molar refractivity (Wildman–Crippen MR) is 194 cm³/mol. The van der Waals surface area contributed by atoms with E-state index < -0.39 is 0 Å². The molecule has 6 rings (SSSR count).